The number of aromatic nitrogens is 2. The van der Waals surface area contributed by atoms with E-state index in [0.29, 0.717) is 5.95 Å². The van der Waals surface area contributed by atoms with Crippen LogP contribution in [0.5, 0.6) is 5.75 Å². The quantitative estimate of drug-likeness (QED) is 0.621. The zero-order valence-corrected chi connectivity index (χ0v) is 14.5. The van der Waals surface area contributed by atoms with E-state index in [0.717, 1.165) is 29.8 Å². The van der Waals surface area contributed by atoms with Crippen molar-refractivity contribution in [2.75, 3.05) is 5.32 Å². The molecule has 2 aromatic rings. The van der Waals surface area contributed by atoms with E-state index in [2.05, 4.69) is 38.9 Å². The van der Waals surface area contributed by atoms with E-state index in [1.165, 1.54) is 5.57 Å². The van der Waals surface area contributed by atoms with Crippen molar-refractivity contribution < 1.29 is 5.11 Å². The van der Waals surface area contributed by atoms with Gasteiger partial charge in [-0.3, -0.25) is 0 Å². The van der Waals surface area contributed by atoms with E-state index in [1.807, 2.05) is 24.5 Å². The predicted molar refractivity (Wildman–Crippen MR) is 103 cm³/mol. The molecule has 1 aromatic carbocycles. The SMILES string of the molecule is CCCC12NC=CC=C1C(c1ccnc(Nc3ccc(O)cc3)n1)=CN2. The number of rotatable bonds is 5. The fourth-order valence-corrected chi connectivity index (χ4v) is 3.38. The molecule has 0 bridgehead atoms. The summed E-state index contributed by atoms with van der Waals surface area (Å²) in [7, 11) is 0. The second-order valence-electron chi connectivity index (χ2n) is 6.38. The lowest BCUT2D eigenvalue weighted by Gasteiger charge is -2.34. The average Bonchev–Trinajstić information content (AvgIpc) is 3.03. The molecule has 6 heteroatoms. The molecule has 0 fully saturated rings. The number of hydrogen-bond acceptors (Lipinski definition) is 6. The van der Waals surface area contributed by atoms with Gasteiger partial charge < -0.3 is 21.1 Å². The number of hydrogen-bond donors (Lipinski definition) is 4. The molecular weight excluding hydrogens is 326 g/mol. The zero-order valence-electron chi connectivity index (χ0n) is 14.5. The van der Waals surface area contributed by atoms with Crippen LogP contribution in [-0.2, 0) is 0 Å². The van der Waals surface area contributed by atoms with E-state index < -0.39 is 0 Å². The number of phenolic OH excluding ortho intramolecular Hbond substituents is 1. The number of allylic oxidation sites excluding steroid dienone is 2. The summed E-state index contributed by atoms with van der Waals surface area (Å²) in [5, 5.41) is 19.5. The summed E-state index contributed by atoms with van der Waals surface area (Å²) in [6, 6.07) is 8.73. The molecular formula is C20H21N5O. The molecule has 1 atom stereocenters. The summed E-state index contributed by atoms with van der Waals surface area (Å²) < 4.78 is 0. The van der Waals surface area contributed by atoms with Gasteiger partial charge in [0, 0.05) is 29.2 Å². The van der Waals surface area contributed by atoms with Crippen molar-refractivity contribution in [3.63, 3.8) is 0 Å². The molecule has 1 unspecified atom stereocenters. The van der Waals surface area contributed by atoms with Gasteiger partial charge in [0.05, 0.1) is 5.69 Å². The number of nitrogens with zero attached hydrogens (tertiary/aromatic N) is 2. The molecule has 0 spiro atoms. The summed E-state index contributed by atoms with van der Waals surface area (Å²) in [6.45, 7) is 2.18. The van der Waals surface area contributed by atoms with Gasteiger partial charge in [0.1, 0.15) is 11.4 Å². The molecule has 6 nitrogen and oxygen atoms in total. The lowest BCUT2D eigenvalue weighted by molar-refractivity contribution is 0.369. The third-order valence-corrected chi connectivity index (χ3v) is 4.58. The first-order valence-corrected chi connectivity index (χ1v) is 8.73. The highest BCUT2D eigenvalue weighted by molar-refractivity contribution is 5.83. The molecule has 1 aromatic heterocycles. The molecule has 0 saturated carbocycles. The molecule has 0 saturated heterocycles. The summed E-state index contributed by atoms with van der Waals surface area (Å²) in [6.07, 6.45) is 11.9. The molecule has 2 aliphatic rings. The van der Waals surface area contributed by atoms with Crippen LogP contribution in [0, 0.1) is 0 Å². The van der Waals surface area contributed by atoms with E-state index in [4.69, 9.17) is 0 Å². The first-order valence-electron chi connectivity index (χ1n) is 8.73. The summed E-state index contributed by atoms with van der Waals surface area (Å²) >= 11 is 0. The molecule has 0 radical (unpaired) electrons. The maximum absolute atomic E-state index is 9.40. The van der Waals surface area contributed by atoms with Crippen molar-refractivity contribution in [2.45, 2.75) is 25.4 Å². The van der Waals surface area contributed by atoms with Crippen LogP contribution in [0.15, 0.2) is 66.7 Å². The van der Waals surface area contributed by atoms with Gasteiger partial charge in [-0.25, -0.2) is 9.97 Å². The summed E-state index contributed by atoms with van der Waals surface area (Å²) in [5.41, 5.74) is 3.67. The third kappa shape index (κ3) is 2.90. The number of dihydropyridines is 1. The van der Waals surface area contributed by atoms with E-state index >= 15 is 0 Å². The highest BCUT2D eigenvalue weighted by Crippen LogP contribution is 2.38. The Labute approximate surface area is 152 Å². The minimum absolute atomic E-state index is 0.226. The standard InChI is InChI=1S/C20H21N5O/c1-2-10-20-17(4-3-11-22-20)16(13-23-20)18-9-12-21-19(25-18)24-14-5-7-15(26)8-6-14/h3-9,11-13,22-23,26H,2,10H2,1H3,(H,21,24,25). The average molecular weight is 347 g/mol. The van der Waals surface area contributed by atoms with Crippen LogP contribution >= 0.6 is 0 Å². The molecule has 0 amide bonds. The third-order valence-electron chi connectivity index (χ3n) is 4.58. The molecule has 26 heavy (non-hydrogen) atoms. The van der Waals surface area contributed by atoms with Crippen LogP contribution in [0.2, 0.25) is 0 Å². The second-order valence-corrected chi connectivity index (χ2v) is 6.38. The van der Waals surface area contributed by atoms with Crippen LogP contribution in [-0.4, -0.2) is 20.7 Å². The Morgan fingerprint density at radius 3 is 2.81 bits per heavy atom. The van der Waals surface area contributed by atoms with Gasteiger partial charge in [-0.2, -0.15) is 0 Å². The molecule has 4 N–H and O–H groups in total. The number of nitrogens with one attached hydrogen (secondary N) is 3. The van der Waals surface area contributed by atoms with Gasteiger partial charge in [-0.1, -0.05) is 19.4 Å². The zero-order chi connectivity index (χ0) is 18.0. The van der Waals surface area contributed by atoms with Crippen LogP contribution in [0.4, 0.5) is 11.6 Å². The number of benzene rings is 1. The van der Waals surface area contributed by atoms with Gasteiger partial charge in [-0.15, -0.1) is 0 Å². The van der Waals surface area contributed by atoms with Gasteiger partial charge in [0.25, 0.3) is 0 Å². The van der Waals surface area contributed by atoms with Crippen LogP contribution in [0.1, 0.15) is 25.5 Å². The first kappa shape index (κ1) is 16.2. The Bertz CT molecular complexity index is 901. The van der Waals surface area contributed by atoms with Crippen LogP contribution in [0.3, 0.4) is 0 Å². The normalized spacial score (nSPS) is 20.5. The number of anilines is 2. The molecule has 132 valence electrons. The minimum atomic E-state index is -0.256. The van der Waals surface area contributed by atoms with Crippen molar-refractivity contribution >= 4 is 17.2 Å². The Balaban J connectivity index is 1.61. The Kier molecular flexibility index (Phi) is 4.08. The summed E-state index contributed by atoms with van der Waals surface area (Å²) in [4.78, 5) is 8.97. The largest absolute Gasteiger partial charge is 0.508 e. The van der Waals surface area contributed by atoms with Gasteiger partial charge in [-0.05, 0) is 49.0 Å². The Morgan fingerprint density at radius 1 is 1.15 bits per heavy atom. The molecule has 2 aliphatic heterocycles. The fourth-order valence-electron chi connectivity index (χ4n) is 3.38. The first-order chi connectivity index (χ1) is 12.7. The molecule has 0 aliphatic carbocycles. The summed E-state index contributed by atoms with van der Waals surface area (Å²) in [5.74, 6) is 0.742. The van der Waals surface area contributed by atoms with E-state index in [-0.39, 0.29) is 11.4 Å². The fraction of sp³-hybridized carbons (Fsp3) is 0.200. The topological polar surface area (TPSA) is 82.1 Å². The highest BCUT2D eigenvalue weighted by Gasteiger charge is 2.39. The predicted octanol–water partition coefficient (Wildman–Crippen LogP) is 3.41. The lowest BCUT2D eigenvalue weighted by atomic mass is 9.89. The number of fused-ring (bicyclic) bond motifs is 1. The van der Waals surface area contributed by atoms with Gasteiger partial charge in [0.2, 0.25) is 5.95 Å². The molecule has 3 heterocycles. The van der Waals surface area contributed by atoms with Crippen LogP contribution in [0.25, 0.3) is 5.57 Å². The maximum Gasteiger partial charge on any atom is 0.227 e. The van der Waals surface area contributed by atoms with E-state index in [9.17, 15) is 5.11 Å². The van der Waals surface area contributed by atoms with Gasteiger partial charge >= 0.3 is 0 Å². The minimum Gasteiger partial charge on any atom is -0.508 e. The monoisotopic (exact) mass is 347 g/mol. The number of aromatic hydroxyl groups is 1. The second kappa shape index (κ2) is 6.55. The number of phenols is 1. The molecule has 4 rings (SSSR count). The van der Waals surface area contributed by atoms with Crippen molar-refractivity contribution in [3.05, 3.63) is 72.3 Å². The van der Waals surface area contributed by atoms with Crippen LogP contribution < -0.4 is 16.0 Å². The Hall–Kier alpha value is -3.28. The van der Waals surface area contributed by atoms with Crippen molar-refractivity contribution in [2.24, 2.45) is 0 Å². The van der Waals surface area contributed by atoms with E-state index in [1.54, 1.807) is 30.5 Å². The van der Waals surface area contributed by atoms with Crippen molar-refractivity contribution in [1.29, 1.82) is 0 Å². The lowest BCUT2D eigenvalue weighted by Crippen LogP contribution is -2.52. The smallest absolute Gasteiger partial charge is 0.227 e. The highest BCUT2D eigenvalue weighted by atomic mass is 16.3. The van der Waals surface area contributed by atoms with Crippen molar-refractivity contribution in [3.8, 4) is 5.75 Å². The van der Waals surface area contributed by atoms with Crippen molar-refractivity contribution in [1.82, 2.24) is 20.6 Å². The maximum atomic E-state index is 9.40. The van der Waals surface area contributed by atoms with Gasteiger partial charge in [0.15, 0.2) is 0 Å². The Morgan fingerprint density at radius 2 is 2.00 bits per heavy atom.